The second kappa shape index (κ2) is 7.22. The van der Waals surface area contributed by atoms with Gasteiger partial charge in [0.2, 0.25) is 5.91 Å². The lowest BCUT2D eigenvalue weighted by Crippen LogP contribution is -2.41. The van der Waals surface area contributed by atoms with E-state index >= 15 is 0 Å². The first-order valence-electron chi connectivity index (χ1n) is 7.52. The molecule has 2 aromatic heterocycles. The summed E-state index contributed by atoms with van der Waals surface area (Å²) in [7, 11) is 0. The Morgan fingerprint density at radius 1 is 1.48 bits per heavy atom. The molecule has 0 bridgehead atoms. The van der Waals surface area contributed by atoms with Gasteiger partial charge in [0, 0.05) is 18.0 Å². The summed E-state index contributed by atoms with van der Waals surface area (Å²) in [6.07, 6.45) is -0.948. The molecule has 2 aromatic rings. The minimum Gasteiger partial charge on any atom is -0.393 e. The van der Waals surface area contributed by atoms with E-state index < -0.39 is 6.10 Å². The highest BCUT2D eigenvalue weighted by Gasteiger charge is 2.22. The molecule has 8 heteroatoms. The molecule has 3 rings (SSSR count). The smallest absolute Gasteiger partial charge is 0.234 e. The summed E-state index contributed by atoms with van der Waals surface area (Å²) < 4.78 is 1.83. The number of nitrogens with zero attached hydrogens (tertiary/aromatic N) is 3. The fraction of sp³-hybridized carbons (Fsp3) is 0.467. The van der Waals surface area contributed by atoms with E-state index in [2.05, 4.69) is 15.3 Å². The summed E-state index contributed by atoms with van der Waals surface area (Å²) in [5.74, 6) is 0.00183. The third-order valence-electron chi connectivity index (χ3n) is 3.82. The van der Waals surface area contributed by atoms with Gasteiger partial charge in [-0.05, 0) is 17.5 Å². The molecular formula is C15H20N4O3S. The highest BCUT2D eigenvalue weighted by atomic mass is 32.1. The molecule has 1 aliphatic rings. The van der Waals surface area contributed by atoms with E-state index in [0.29, 0.717) is 31.9 Å². The Bertz CT molecular complexity index is 656. The van der Waals surface area contributed by atoms with Crippen LogP contribution in [0.2, 0.25) is 0 Å². The first-order valence-corrected chi connectivity index (χ1v) is 8.40. The number of fused-ring (bicyclic) bond motifs is 1. The van der Waals surface area contributed by atoms with Crippen LogP contribution in [0.15, 0.2) is 23.6 Å². The van der Waals surface area contributed by atoms with Gasteiger partial charge in [0.05, 0.1) is 37.6 Å². The maximum atomic E-state index is 12.0. The summed E-state index contributed by atoms with van der Waals surface area (Å²) in [6, 6.07) is 5.76. The summed E-state index contributed by atoms with van der Waals surface area (Å²) in [4.78, 5) is 15.2. The van der Waals surface area contributed by atoms with Gasteiger partial charge in [0.25, 0.3) is 0 Å². The highest BCUT2D eigenvalue weighted by Crippen LogP contribution is 2.17. The number of amides is 1. The van der Waals surface area contributed by atoms with Crippen molar-refractivity contribution in [3.8, 4) is 0 Å². The molecule has 0 spiro atoms. The zero-order chi connectivity index (χ0) is 16.2. The van der Waals surface area contributed by atoms with Crippen molar-refractivity contribution in [2.24, 2.45) is 0 Å². The predicted octanol–water partition coefficient (Wildman–Crippen LogP) is 0.102. The van der Waals surface area contributed by atoms with Gasteiger partial charge in [-0.25, -0.2) is 0 Å². The molecule has 0 saturated carbocycles. The lowest BCUT2D eigenvalue weighted by molar-refractivity contribution is -0.122. The normalized spacial score (nSPS) is 16.1. The predicted molar refractivity (Wildman–Crippen MR) is 85.7 cm³/mol. The van der Waals surface area contributed by atoms with Gasteiger partial charge in [0.1, 0.15) is 6.10 Å². The van der Waals surface area contributed by atoms with Crippen LogP contribution in [0, 0.1) is 0 Å². The van der Waals surface area contributed by atoms with Crippen molar-refractivity contribution < 1.29 is 15.0 Å². The fourth-order valence-electron chi connectivity index (χ4n) is 2.59. The number of aliphatic hydroxyl groups excluding tert-OH is 2. The van der Waals surface area contributed by atoms with Gasteiger partial charge in [-0.15, -0.1) is 11.3 Å². The molecule has 0 saturated heterocycles. The molecule has 1 amide bonds. The van der Waals surface area contributed by atoms with Crippen molar-refractivity contribution in [2.45, 2.75) is 25.7 Å². The molecule has 3 N–H and O–H groups in total. The van der Waals surface area contributed by atoms with Crippen LogP contribution in [0.3, 0.4) is 0 Å². The van der Waals surface area contributed by atoms with Crippen LogP contribution in [-0.2, 0) is 24.4 Å². The van der Waals surface area contributed by atoms with Gasteiger partial charge in [-0.1, -0.05) is 6.07 Å². The monoisotopic (exact) mass is 336 g/mol. The third kappa shape index (κ3) is 3.97. The fourth-order valence-corrected chi connectivity index (χ4v) is 3.24. The number of thiophene rings is 1. The average molecular weight is 336 g/mol. The summed E-state index contributed by atoms with van der Waals surface area (Å²) >= 11 is 1.63. The van der Waals surface area contributed by atoms with Crippen molar-refractivity contribution in [3.05, 3.63) is 39.8 Å². The average Bonchev–Trinajstić information content (AvgIpc) is 3.21. The molecule has 7 nitrogen and oxygen atoms in total. The van der Waals surface area contributed by atoms with Gasteiger partial charge in [0.15, 0.2) is 0 Å². The van der Waals surface area contributed by atoms with Crippen LogP contribution in [0.5, 0.6) is 0 Å². The number of carbonyl (C=O) groups excluding carboxylic acids is 1. The Hall–Kier alpha value is -1.74. The van der Waals surface area contributed by atoms with Crippen molar-refractivity contribution in [2.75, 3.05) is 19.7 Å². The SMILES string of the molecule is O=C(CN1CCn2nc([C@@H](O)CO)cc2C1)NCc1cccs1. The zero-order valence-corrected chi connectivity index (χ0v) is 13.5. The van der Waals surface area contributed by atoms with Crippen LogP contribution in [-0.4, -0.2) is 50.5 Å². The maximum Gasteiger partial charge on any atom is 0.234 e. The van der Waals surface area contributed by atoms with Gasteiger partial charge in [-0.3, -0.25) is 14.4 Å². The minimum atomic E-state index is -0.948. The molecule has 0 unspecified atom stereocenters. The second-order valence-electron chi connectivity index (χ2n) is 5.55. The molecule has 0 fully saturated rings. The molecule has 1 aliphatic heterocycles. The largest absolute Gasteiger partial charge is 0.393 e. The molecule has 3 heterocycles. The Morgan fingerprint density at radius 2 is 2.35 bits per heavy atom. The molecule has 1 atom stereocenters. The highest BCUT2D eigenvalue weighted by molar-refractivity contribution is 7.09. The lowest BCUT2D eigenvalue weighted by atomic mass is 10.2. The van der Waals surface area contributed by atoms with Crippen molar-refractivity contribution >= 4 is 17.2 Å². The van der Waals surface area contributed by atoms with E-state index in [0.717, 1.165) is 17.1 Å². The standard InChI is InChI=1S/C15H20N4O3S/c20-10-14(21)13-6-11-8-18(3-4-19(11)17-13)9-15(22)16-7-12-2-1-5-23-12/h1-2,5-6,14,20-21H,3-4,7-10H2,(H,16,22)/t14-/m0/s1. The van der Waals surface area contributed by atoms with Gasteiger partial charge < -0.3 is 15.5 Å². The molecule has 0 aromatic carbocycles. The number of aromatic nitrogens is 2. The molecule has 0 aliphatic carbocycles. The van der Waals surface area contributed by atoms with E-state index in [9.17, 15) is 9.90 Å². The first kappa shape index (κ1) is 16.1. The van der Waals surface area contributed by atoms with Gasteiger partial charge in [-0.2, -0.15) is 5.10 Å². The maximum absolute atomic E-state index is 12.0. The number of carbonyl (C=O) groups is 1. The first-order chi connectivity index (χ1) is 11.2. The van der Waals surface area contributed by atoms with E-state index in [1.54, 1.807) is 17.4 Å². The van der Waals surface area contributed by atoms with Crippen LogP contribution >= 0.6 is 11.3 Å². The van der Waals surface area contributed by atoms with Crippen molar-refractivity contribution in [3.63, 3.8) is 0 Å². The summed E-state index contributed by atoms with van der Waals surface area (Å²) in [5.41, 5.74) is 1.43. The molecule has 0 radical (unpaired) electrons. The van der Waals surface area contributed by atoms with E-state index in [1.807, 2.05) is 22.2 Å². The Balaban J connectivity index is 1.52. The van der Waals surface area contributed by atoms with E-state index in [1.165, 1.54) is 0 Å². The number of aliphatic hydroxyl groups is 2. The molecule has 124 valence electrons. The van der Waals surface area contributed by atoms with Crippen LogP contribution in [0.25, 0.3) is 0 Å². The van der Waals surface area contributed by atoms with Crippen LogP contribution in [0.4, 0.5) is 0 Å². The van der Waals surface area contributed by atoms with Crippen LogP contribution < -0.4 is 5.32 Å². The van der Waals surface area contributed by atoms with E-state index in [-0.39, 0.29) is 12.5 Å². The topological polar surface area (TPSA) is 90.6 Å². The second-order valence-corrected chi connectivity index (χ2v) is 6.58. The number of hydrogen-bond donors (Lipinski definition) is 3. The number of nitrogens with one attached hydrogen (secondary N) is 1. The van der Waals surface area contributed by atoms with Crippen molar-refractivity contribution in [1.29, 1.82) is 0 Å². The molecule has 23 heavy (non-hydrogen) atoms. The third-order valence-corrected chi connectivity index (χ3v) is 4.69. The minimum absolute atomic E-state index is 0.00183. The molecular weight excluding hydrogens is 316 g/mol. The number of rotatable bonds is 6. The van der Waals surface area contributed by atoms with Crippen LogP contribution in [0.1, 0.15) is 22.4 Å². The van der Waals surface area contributed by atoms with Gasteiger partial charge >= 0.3 is 0 Å². The van der Waals surface area contributed by atoms with E-state index in [4.69, 9.17) is 5.11 Å². The summed E-state index contributed by atoms with van der Waals surface area (Å²) in [5, 5.41) is 27.8. The Kier molecular flexibility index (Phi) is 5.06. The number of hydrogen-bond acceptors (Lipinski definition) is 6. The summed E-state index contributed by atoms with van der Waals surface area (Å²) in [6.45, 7) is 2.58. The van der Waals surface area contributed by atoms with Crippen molar-refractivity contribution in [1.82, 2.24) is 20.0 Å². The zero-order valence-electron chi connectivity index (χ0n) is 12.7. The lowest BCUT2D eigenvalue weighted by Gasteiger charge is -2.26. The Labute approximate surface area is 138 Å². The quantitative estimate of drug-likeness (QED) is 0.696. The Morgan fingerprint density at radius 3 is 3.09 bits per heavy atom.